The smallest absolute Gasteiger partial charge is 0.338 e. The number of hydrogen-bond donors (Lipinski definition) is 2. The van der Waals surface area contributed by atoms with Gasteiger partial charge < -0.3 is 19.9 Å². The number of carboxylic acid groups (broad SMARTS) is 1. The number of rotatable bonds is 3. The second-order valence-electron chi connectivity index (χ2n) is 3.08. The van der Waals surface area contributed by atoms with Crippen LogP contribution in [0.15, 0.2) is 0 Å². The van der Waals surface area contributed by atoms with Gasteiger partial charge in [-0.15, -0.1) is 0 Å². The third-order valence-corrected chi connectivity index (χ3v) is 2.53. The van der Waals surface area contributed by atoms with Gasteiger partial charge in [-0.25, -0.2) is 4.79 Å². The Hall–Kier alpha value is -0.650. The molecule has 0 unspecified atom stereocenters. The van der Waals surface area contributed by atoms with Crippen molar-refractivity contribution in [1.29, 1.82) is 0 Å². The van der Waals surface area contributed by atoms with Crippen LogP contribution in [-0.2, 0) is 14.3 Å². The van der Waals surface area contributed by atoms with E-state index in [1.165, 1.54) is 14.2 Å². The van der Waals surface area contributed by atoms with E-state index >= 15 is 0 Å². The fourth-order valence-corrected chi connectivity index (χ4v) is 1.67. The van der Waals surface area contributed by atoms with Crippen molar-refractivity contribution in [1.82, 2.24) is 5.32 Å². The van der Waals surface area contributed by atoms with E-state index in [1.807, 2.05) is 0 Å². The predicted octanol–water partition coefficient (Wildman–Crippen LogP) is -0.535. The number of nitrogens with one attached hydrogen (secondary N) is 1. The fraction of sp³-hybridized carbons (Fsp3) is 0.875. The predicted molar refractivity (Wildman–Crippen MR) is 45.7 cm³/mol. The van der Waals surface area contributed by atoms with Gasteiger partial charge in [0.05, 0.1) is 0 Å². The lowest BCUT2D eigenvalue weighted by Gasteiger charge is -2.38. The molecule has 0 aromatic heterocycles. The van der Waals surface area contributed by atoms with Crippen LogP contribution in [0.25, 0.3) is 0 Å². The molecule has 1 aliphatic heterocycles. The molecule has 76 valence electrons. The molecule has 1 saturated heterocycles. The molecule has 0 aromatic rings. The first-order valence-corrected chi connectivity index (χ1v) is 4.19. The summed E-state index contributed by atoms with van der Waals surface area (Å²) in [4.78, 5) is 11.0. The molecule has 0 amide bonds. The molecule has 0 spiro atoms. The summed E-state index contributed by atoms with van der Waals surface area (Å²) in [7, 11) is 2.90. The van der Waals surface area contributed by atoms with Crippen molar-refractivity contribution in [2.75, 3.05) is 27.3 Å². The molecule has 13 heavy (non-hydrogen) atoms. The van der Waals surface area contributed by atoms with Crippen molar-refractivity contribution in [3.8, 4) is 0 Å². The minimum atomic E-state index is -1.18. The van der Waals surface area contributed by atoms with Crippen molar-refractivity contribution in [2.45, 2.75) is 18.1 Å². The summed E-state index contributed by atoms with van der Waals surface area (Å²) in [5.74, 6) is -0.955. The van der Waals surface area contributed by atoms with Crippen LogP contribution in [0, 0.1) is 0 Å². The van der Waals surface area contributed by atoms with E-state index in [-0.39, 0.29) is 0 Å². The van der Waals surface area contributed by atoms with Crippen molar-refractivity contribution < 1.29 is 19.4 Å². The molecule has 0 aromatic carbocycles. The Bertz CT molecular complexity index is 197. The molecule has 0 radical (unpaired) electrons. The summed E-state index contributed by atoms with van der Waals surface area (Å²) in [6.45, 7) is 1.15. The van der Waals surface area contributed by atoms with Crippen LogP contribution < -0.4 is 5.32 Å². The van der Waals surface area contributed by atoms with E-state index in [0.29, 0.717) is 19.5 Å². The summed E-state index contributed by atoms with van der Waals surface area (Å²) in [6.07, 6.45) is 0.000833. The highest BCUT2D eigenvalue weighted by Gasteiger charge is 2.48. The van der Waals surface area contributed by atoms with Crippen LogP contribution in [-0.4, -0.2) is 50.1 Å². The van der Waals surface area contributed by atoms with Crippen LogP contribution >= 0.6 is 0 Å². The standard InChI is InChI=1S/C8H15NO4/c1-12-6-5-9-4-3-8(6,13-2)7(10)11/h6,9H,3-5H2,1-2H3,(H,10,11)/t6-,8+/m0/s1. The number of hydrogen-bond acceptors (Lipinski definition) is 4. The maximum atomic E-state index is 11.0. The van der Waals surface area contributed by atoms with Crippen LogP contribution in [0.3, 0.4) is 0 Å². The third-order valence-electron chi connectivity index (χ3n) is 2.53. The lowest BCUT2D eigenvalue weighted by molar-refractivity contribution is -0.185. The highest BCUT2D eigenvalue weighted by atomic mass is 16.6. The number of methoxy groups -OCH3 is 2. The summed E-state index contributed by atoms with van der Waals surface area (Å²) < 4.78 is 10.2. The highest BCUT2D eigenvalue weighted by molar-refractivity contribution is 5.78. The zero-order valence-corrected chi connectivity index (χ0v) is 7.87. The van der Waals surface area contributed by atoms with Gasteiger partial charge >= 0.3 is 5.97 Å². The van der Waals surface area contributed by atoms with Gasteiger partial charge in [0.2, 0.25) is 0 Å². The first-order chi connectivity index (χ1) is 6.17. The van der Waals surface area contributed by atoms with Gasteiger partial charge in [0.1, 0.15) is 6.10 Å². The normalized spacial score (nSPS) is 34.5. The summed E-state index contributed by atoms with van der Waals surface area (Å²) in [6, 6.07) is 0. The number of piperidine rings is 1. The Balaban J connectivity index is 2.84. The molecule has 0 bridgehead atoms. The number of carboxylic acids is 1. The van der Waals surface area contributed by atoms with Crippen LogP contribution in [0.5, 0.6) is 0 Å². The quantitative estimate of drug-likeness (QED) is 0.624. The van der Waals surface area contributed by atoms with E-state index in [1.54, 1.807) is 0 Å². The molecule has 1 aliphatic rings. The Morgan fingerprint density at radius 3 is 2.69 bits per heavy atom. The molecule has 5 nitrogen and oxygen atoms in total. The molecule has 1 fully saturated rings. The molecule has 2 atom stereocenters. The van der Waals surface area contributed by atoms with Gasteiger partial charge in [-0.1, -0.05) is 0 Å². The first-order valence-electron chi connectivity index (χ1n) is 4.19. The molecule has 1 rings (SSSR count). The van der Waals surface area contributed by atoms with Crippen LogP contribution in [0.1, 0.15) is 6.42 Å². The highest BCUT2D eigenvalue weighted by Crippen LogP contribution is 2.25. The average Bonchev–Trinajstić information content (AvgIpc) is 2.17. The zero-order valence-electron chi connectivity index (χ0n) is 7.87. The van der Waals surface area contributed by atoms with E-state index < -0.39 is 17.7 Å². The molecule has 2 N–H and O–H groups in total. The van der Waals surface area contributed by atoms with Crippen molar-refractivity contribution in [3.63, 3.8) is 0 Å². The van der Waals surface area contributed by atoms with Crippen LogP contribution in [0.4, 0.5) is 0 Å². The van der Waals surface area contributed by atoms with E-state index in [4.69, 9.17) is 14.6 Å². The first kappa shape index (κ1) is 10.4. The van der Waals surface area contributed by atoms with Crippen molar-refractivity contribution in [2.24, 2.45) is 0 Å². The van der Waals surface area contributed by atoms with Gasteiger partial charge in [0.15, 0.2) is 5.60 Å². The monoisotopic (exact) mass is 189 g/mol. The van der Waals surface area contributed by atoms with E-state index in [2.05, 4.69) is 5.32 Å². The molecule has 1 heterocycles. The van der Waals surface area contributed by atoms with Gasteiger partial charge in [-0.3, -0.25) is 0 Å². The summed E-state index contributed by atoms with van der Waals surface area (Å²) in [5.41, 5.74) is -1.18. The Labute approximate surface area is 77.0 Å². The maximum Gasteiger partial charge on any atom is 0.338 e. The van der Waals surface area contributed by atoms with Gasteiger partial charge in [-0.2, -0.15) is 0 Å². The van der Waals surface area contributed by atoms with Gasteiger partial charge in [-0.05, 0) is 6.54 Å². The molecule has 5 heteroatoms. The average molecular weight is 189 g/mol. The number of carbonyl (C=O) groups is 1. The minimum Gasteiger partial charge on any atom is -0.479 e. The Kier molecular flexibility index (Phi) is 3.24. The minimum absolute atomic E-state index is 0.427. The number of aliphatic carboxylic acids is 1. The van der Waals surface area contributed by atoms with Gasteiger partial charge in [0.25, 0.3) is 0 Å². The maximum absolute atomic E-state index is 11.0. The molecular weight excluding hydrogens is 174 g/mol. The summed E-state index contributed by atoms with van der Waals surface area (Å²) in [5, 5.41) is 12.1. The SMILES string of the molecule is CO[C@H]1CNCC[C@]1(OC)C(=O)O. The lowest BCUT2D eigenvalue weighted by Crippen LogP contribution is -2.60. The van der Waals surface area contributed by atoms with Crippen molar-refractivity contribution in [3.05, 3.63) is 0 Å². The van der Waals surface area contributed by atoms with Crippen LogP contribution in [0.2, 0.25) is 0 Å². The molecule has 0 aliphatic carbocycles. The largest absolute Gasteiger partial charge is 0.479 e. The third kappa shape index (κ3) is 1.67. The lowest BCUT2D eigenvalue weighted by atomic mass is 9.89. The topological polar surface area (TPSA) is 67.8 Å². The van der Waals surface area contributed by atoms with Gasteiger partial charge in [0, 0.05) is 27.2 Å². The second-order valence-corrected chi connectivity index (χ2v) is 3.08. The van der Waals surface area contributed by atoms with E-state index in [0.717, 1.165) is 0 Å². The fourth-order valence-electron chi connectivity index (χ4n) is 1.67. The molecular formula is C8H15NO4. The summed E-state index contributed by atoms with van der Waals surface area (Å²) >= 11 is 0. The molecule has 0 saturated carbocycles. The zero-order chi connectivity index (χ0) is 9.90. The number of ether oxygens (including phenoxy) is 2. The van der Waals surface area contributed by atoms with E-state index in [9.17, 15) is 4.79 Å². The van der Waals surface area contributed by atoms with Crippen molar-refractivity contribution >= 4 is 5.97 Å². The Morgan fingerprint density at radius 1 is 1.62 bits per heavy atom. The second kappa shape index (κ2) is 4.04. The Morgan fingerprint density at radius 2 is 2.31 bits per heavy atom.